The minimum atomic E-state index is -4.75. The summed E-state index contributed by atoms with van der Waals surface area (Å²) in [5.74, 6) is -2.90. The van der Waals surface area contributed by atoms with Crippen LogP contribution in [0.2, 0.25) is 0 Å². The number of rotatable bonds is 9. The number of benzene rings is 3. The van der Waals surface area contributed by atoms with Gasteiger partial charge >= 0.3 is 11.0 Å². The summed E-state index contributed by atoms with van der Waals surface area (Å²) in [5, 5.41) is 3.30. The van der Waals surface area contributed by atoms with Crippen LogP contribution >= 0.6 is 23.1 Å². The first-order chi connectivity index (χ1) is 25.0. The van der Waals surface area contributed by atoms with Crippen molar-refractivity contribution in [1.29, 1.82) is 0 Å². The van der Waals surface area contributed by atoms with E-state index >= 15 is 0 Å². The van der Waals surface area contributed by atoms with Crippen molar-refractivity contribution in [2.45, 2.75) is 35.7 Å². The molecule has 3 fully saturated rings. The van der Waals surface area contributed by atoms with Gasteiger partial charge in [-0.2, -0.15) is 13.2 Å². The van der Waals surface area contributed by atoms with E-state index in [4.69, 9.17) is 14.2 Å². The Hall–Kier alpha value is -4.76. The molecule has 15 heteroatoms. The van der Waals surface area contributed by atoms with Gasteiger partial charge < -0.3 is 24.5 Å². The molecule has 4 aromatic rings. The zero-order chi connectivity index (χ0) is 36.5. The Labute approximate surface area is 303 Å². The summed E-state index contributed by atoms with van der Waals surface area (Å²) in [6, 6.07) is 16.9. The van der Waals surface area contributed by atoms with Crippen LogP contribution in [0.1, 0.15) is 35.3 Å². The molecule has 0 radical (unpaired) electrons. The molecular weight excluding hydrogens is 720 g/mol. The van der Waals surface area contributed by atoms with Crippen molar-refractivity contribution in [3.8, 4) is 17.2 Å². The van der Waals surface area contributed by atoms with Crippen molar-refractivity contribution in [2.75, 3.05) is 30.5 Å². The molecule has 270 valence electrons. The molecule has 2 bridgehead atoms. The lowest BCUT2D eigenvalue weighted by atomic mass is 9.68. The highest BCUT2D eigenvalue weighted by Crippen LogP contribution is 2.69. The number of anilines is 2. The molecule has 4 aliphatic rings. The molecule has 7 atom stereocenters. The molecule has 0 unspecified atom stereocenters. The Morgan fingerprint density at radius 3 is 2.40 bits per heavy atom. The van der Waals surface area contributed by atoms with Crippen LogP contribution in [0.5, 0.6) is 17.2 Å². The number of hydrogen-bond acceptors (Lipinski definition) is 9. The second kappa shape index (κ2) is 13.0. The number of hydrogen-bond donors (Lipinski definition) is 2. The number of halogens is 3. The number of para-hydroxylation sites is 1. The van der Waals surface area contributed by atoms with Gasteiger partial charge in [-0.15, -0.1) is 11.8 Å². The topological polar surface area (TPSA) is 127 Å². The van der Waals surface area contributed by atoms with Crippen LogP contribution in [-0.4, -0.2) is 48.3 Å². The average Bonchev–Trinajstić information content (AvgIpc) is 3.86. The number of thiazole rings is 1. The minimum absolute atomic E-state index is 0.170. The largest absolute Gasteiger partial charge is 0.497 e. The molecule has 0 spiro atoms. The van der Waals surface area contributed by atoms with Gasteiger partial charge in [0.05, 0.1) is 41.8 Å². The van der Waals surface area contributed by atoms with Gasteiger partial charge in [-0.25, -0.2) is 4.90 Å². The van der Waals surface area contributed by atoms with Gasteiger partial charge in [-0.3, -0.25) is 19.2 Å². The number of thioether (sulfide) groups is 1. The fraction of sp³-hybridized carbons (Fsp3) is 0.351. The Morgan fingerprint density at radius 1 is 0.962 bits per heavy atom. The summed E-state index contributed by atoms with van der Waals surface area (Å²) in [7, 11) is 1.55. The number of ether oxygens (including phenoxy) is 3. The number of methoxy groups -OCH3 is 1. The fourth-order valence-electron chi connectivity index (χ4n) is 8.66. The Morgan fingerprint density at radius 2 is 1.69 bits per heavy atom. The van der Waals surface area contributed by atoms with E-state index in [-0.39, 0.29) is 46.3 Å². The lowest BCUT2D eigenvalue weighted by Gasteiger charge is -2.43. The lowest BCUT2D eigenvalue weighted by molar-refractivity contribution is -0.137. The fourth-order valence-corrected chi connectivity index (χ4v) is 11.5. The third-order valence-corrected chi connectivity index (χ3v) is 13.1. The molecule has 8 rings (SSSR count). The predicted octanol–water partition coefficient (Wildman–Crippen LogP) is 6.56. The van der Waals surface area contributed by atoms with E-state index in [1.807, 2.05) is 19.1 Å². The summed E-state index contributed by atoms with van der Waals surface area (Å²) in [6.07, 6.45) is -4.18. The number of amides is 3. The number of nitrogens with one attached hydrogen (secondary N) is 2. The Balaban J connectivity index is 1.10. The molecule has 52 heavy (non-hydrogen) atoms. The Kier molecular flexibility index (Phi) is 8.60. The Bertz CT molecular complexity index is 2140. The van der Waals surface area contributed by atoms with Crippen molar-refractivity contribution in [3.63, 3.8) is 0 Å². The first-order valence-electron chi connectivity index (χ1n) is 16.8. The van der Waals surface area contributed by atoms with Crippen LogP contribution in [0.15, 0.2) is 76.6 Å². The maximum atomic E-state index is 14.1. The van der Waals surface area contributed by atoms with Crippen LogP contribution in [-0.2, 0) is 20.6 Å². The van der Waals surface area contributed by atoms with Crippen LogP contribution < -0.4 is 29.3 Å². The number of imide groups is 1. The average molecular weight is 752 g/mol. The van der Waals surface area contributed by atoms with Crippen molar-refractivity contribution < 1.29 is 41.8 Å². The summed E-state index contributed by atoms with van der Waals surface area (Å²) in [4.78, 5) is 57.8. The maximum absolute atomic E-state index is 14.1. The maximum Gasteiger partial charge on any atom is 0.418 e. The molecule has 1 aromatic heterocycles. The van der Waals surface area contributed by atoms with Crippen LogP contribution in [0.3, 0.4) is 0 Å². The summed E-state index contributed by atoms with van der Waals surface area (Å²) in [6.45, 7) is 1.82. The van der Waals surface area contributed by atoms with E-state index in [9.17, 15) is 32.3 Å². The second-order valence-electron chi connectivity index (χ2n) is 13.2. The van der Waals surface area contributed by atoms with Gasteiger partial charge in [0.25, 0.3) is 5.91 Å². The van der Waals surface area contributed by atoms with Gasteiger partial charge in [0.1, 0.15) is 5.75 Å². The van der Waals surface area contributed by atoms with Crippen molar-refractivity contribution in [1.82, 2.24) is 4.98 Å². The van der Waals surface area contributed by atoms with E-state index < -0.39 is 41.1 Å². The normalized spacial score (nSPS) is 25.8. The van der Waals surface area contributed by atoms with E-state index in [1.54, 1.807) is 37.4 Å². The summed E-state index contributed by atoms with van der Waals surface area (Å²) < 4.78 is 59.1. The molecule has 3 heterocycles. The zero-order valence-electron chi connectivity index (χ0n) is 27.8. The SMILES string of the molecule is CCOc1cc([C@@H]2c3sc(=O)[nH]c3S[C@@H]3[C@@H]4C[C@@H]([C@@H]5C(=O)N(c6ccccc6C(F)(F)F)C(=O)[C@@H]45)[C@H]23)ccc1OCC(=O)Nc1ccc(OC)cc1. The number of fused-ring (bicyclic) bond motifs is 9. The van der Waals surface area contributed by atoms with Crippen molar-refractivity contribution >= 4 is 52.2 Å². The lowest BCUT2D eigenvalue weighted by Crippen LogP contribution is -2.42. The smallest absolute Gasteiger partial charge is 0.418 e. The van der Waals surface area contributed by atoms with Gasteiger partial charge in [0.2, 0.25) is 11.8 Å². The van der Waals surface area contributed by atoms with Gasteiger partial charge in [-0.05, 0) is 85.2 Å². The number of carbonyl (C=O) groups is 3. The molecule has 2 saturated carbocycles. The van der Waals surface area contributed by atoms with Crippen LogP contribution in [0.4, 0.5) is 24.5 Å². The molecule has 1 saturated heterocycles. The highest BCUT2D eigenvalue weighted by atomic mass is 32.2. The number of carbonyl (C=O) groups excluding carboxylic acids is 3. The van der Waals surface area contributed by atoms with E-state index in [1.165, 1.54) is 30.0 Å². The number of aromatic nitrogens is 1. The van der Waals surface area contributed by atoms with Gasteiger partial charge in [-0.1, -0.05) is 29.5 Å². The number of nitrogens with zero attached hydrogens (tertiary/aromatic N) is 1. The molecule has 10 nitrogen and oxygen atoms in total. The highest BCUT2D eigenvalue weighted by molar-refractivity contribution is 8.00. The second-order valence-corrected chi connectivity index (χ2v) is 15.4. The highest BCUT2D eigenvalue weighted by Gasteiger charge is 2.70. The third-order valence-electron chi connectivity index (χ3n) is 10.5. The molecule has 2 aliphatic carbocycles. The first-order valence-corrected chi connectivity index (χ1v) is 18.4. The third kappa shape index (κ3) is 5.65. The molecule has 2 N–H and O–H groups in total. The van der Waals surface area contributed by atoms with Crippen LogP contribution in [0.25, 0.3) is 0 Å². The van der Waals surface area contributed by atoms with E-state index in [0.717, 1.165) is 32.7 Å². The van der Waals surface area contributed by atoms with E-state index in [0.29, 0.717) is 41.0 Å². The van der Waals surface area contributed by atoms with Crippen molar-refractivity contribution in [2.24, 2.45) is 29.6 Å². The van der Waals surface area contributed by atoms with Gasteiger partial charge in [0.15, 0.2) is 18.1 Å². The van der Waals surface area contributed by atoms with E-state index in [2.05, 4.69) is 10.3 Å². The number of H-pyrrole nitrogens is 1. The minimum Gasteiger partial charge on any atom is -0.497 e. The summed E-state index contributed by atoms with van der Waals surface area (Å²) >= 11 is 2.57. The van der Waals surface area contributed by atoms with Crippen LogP contribution in [0, 0.1) is 29.6 Å². The van der Waals surface area contributed by atoms with Gasteiger partial charge in [0, 0.05) is 21.7 Å². The quantitative estimate of drug-likeness (QED) is 0.184. The zero-order valence-corrected chi connectivity index (χ0v) is 29.4. The molecule has 3 aromatic carbocycles. The number of aromatic amines is 1. The molecule has 3 amide bonds. The monoisotopic (exact) mass is 751 g/mol. The predicted molar refractivity (Wildman–Crippen MR) is 187 cm³/mol. The molecule has 2 aliphatic heterocycles. The standard InChI is InChI=1S/C37H32F3N3O7S2/c1-3-49-25-14-17(8-13-24(25)50-16-26(44)41-18-9-11-19(48-2)12-10-18)27-28-20-15-21(31(28)51-33-32(27)52-36(47)42-33)30-29(20)34(45)43(35(30)46)23-7-5-4-6-22(23)37(38,39)40/h4-14,20-21,27-31H,3,15-16H2,1-2H3,(H,41,44)(H,42,47)/t20-,21-,27+,28-,29+,30+,31-/m1/s1. The first kappa shape index (κ1) is 34.3. The summed E-state index contributed by atoms with van der Waals surface area (Å²) in [5.41, 5.74) is -0.101. The molecular formula is C37H32F3N3O7S2. The number of alkyl halides is 3. The van der Waals surface area contributed by atoms with Crippen molar-refractivity contribution in [3.05, 3.63) is 92.4 Å².